The van der Waals surface area contributed by atoms with E-state index in [2.05, 4.69) is 29.4 Å². The summed E-state index contributed by atoms with van der Waals surface area (Å²) in [5, 5.41) is 3.90. The molecule has 4 rings (SSSR count). The van der Waals surface area contributed by atoms with Crippen LogP contribution in [-0.2, 0) is 14.4 Å². The summed E-state index contributed by atoms with van der Waals surface area (Å²) >= 11 is 3.22. The third-order valence-corrected chi connectivity index (χ3v) is 8.27. The lowest BCUT2D eigenvalue weighted by Gasteiger charge is -2.16. The Hall–Kier alpha value is -3.42. The maximum atomic E-state index is 13.2. The number of hydrogen-bond acceptors (Lipinski definition) is 7. The van der Waals surface area contributed by atoms with Crippen molar-refractivity contribution in [2.24, 2.45) is 11.1 Å². The van der Waals surface area contributed by atoms with Crippen LogP contribution in [0.2, 0.25) is 0 Å². The van der Waals surface area contributed by atoms with Crippen molar-refractivity contribution >= 4 is 46.8 Å². The molecule has 2 aliphatic rings. The molecule has 0 saturated carbocycles. The second-order valence-electron chi connectivity index (χ2n) is 9.30. The molecule has 1 unspecified atom stereocenters. The molecule has 5 nitrogen and oxygen atoms in total. The molecule has 0 radical (unpaired) electrons. The van der Waals surface area contributed by atoms with Gasteiger partial charge in [0.2, 0.25) is 0 Å². The van der Waals surface area contributed by atoms with E-state index < -0.39 is 5.97 Å². The van der Waals surface area contributed by atoms with Crippen LogP contribution in [0.4, 0.5) is 0 Å². The SMILES string of the molecule is CC(=O)O/N=C(\CCSc1ccc(C)cc1)C(=O)C1C=CC(Sc2ccc(C(=O)C3=CCCC=C3)cc2)=CC1. The van der Waals surface area contributed by atoms with Crippen LogP contribution in [0.25, 0.3) is 0 Å². The van der Waals surface area contributed by atoms with Gasteiger partial charge in [0.25, 0.3) is 0 Å². The smallest absolute Gasteiger partial charge is 0.318 e. The van der Waals surface area contributed by atoms with Gasteiger partial charge in [-0.15, -0.1) is 11.8 Å². The molecule has 0 saturated heterocycles. The van der Waals surface area contributed by atoms with Gasteiger partial charge in [-0.3, -0.25) is 9.59 Å². The molecule has 0 fully saturated rings. The number of ketones is 2. The first kappa shape index (κ1) is 28.6. The van der Waals surface area contributed by atoms with Gasteiger partial charge < -0.3 is 4.84 Å². The summed E-state index contributed by atoms with van der Waals surface area (Å²) in [5.41, 5.74) is 2.89. The summed E-state index contributed by atoms with van der Waals surface area (Å²) in [7, 11) is 0. The highest BCUT2D eigenvalue weighted by Gasteiger charge is 2.23. The number of carbonyl (C=O) groups excluding carboxylic acids is 3. The molecule has 0 N–H and O–H groups in total. The predicted molar refractivity (Wildman–Crippen MR) is 159 cm³/mol. The minimum Gasteiger partial charge on any atom is -0.318 e. The number of oxime groups is 1. The van der Waals surface area contributed by atoms with Gasteiger partial charge in [-0.25, -0.2) is 4.79 Å². The molecule has 39 heavy (non-hydrogen) atoms. The van der Waals surface area contributed by atoms with Gasteiger partial charge in [-0.2, -0.15) is 0 Å². The Morgan fingerprint density at radius 3 is 2.33 bits per heavy atom. The van der Waals surface area contributed by atoms with E-state index in [1.54, 1.807) is 23.5 Å². The molecule has 0 amide bonds. The fourth-order valence-electron chi connectivity index (χ4n) is 4.08. The standard InChI is InChI=1S/C32H31NO4S2/c1-22-8-14-27(15-9-22)38-21-20-30(33-37-23(2)34)32(36)26-12-18-29(19-13-26)39-28-16-10-25(11-17-28)31(35)24-6-4-3-5-7-24/h4,6-12,14-19,26H,3,5,13,20-21H2,1-2H3/b33-30+. The Kier molecular flexibility index (Phi) is 10.3. The molecule has 0 spiro atoms. The van der Waals surface area contributed by atoms with Crippen LogP contribution in [0, 0.1) is 12.8 Å². The molecule has 0 heterocycles. The van der Waals surface area contributed by atoms with Crippen molar-refractivity contribution in [1.82, 2.24) is 0 Å². The summed E-state index contributed by atoms with van der Waals surface area (Å²) in [4.78, 5) is 45.2. The van der Waals surface area contributed by atoms with Gasteiger partial charge >= 0.3 is 5.97 Å². The van der Waals surface area contributed by atoms with E-state index in [9.17, 15) is 14.4 Å². The summed E-state index contributed by atoms with van der Waals surface area (Å²) in [6.07, 6.45) is 14.6. The van der Waals surface area contributed by atoms with Crippen molar-refractivity contribution in [2.75, 3.05) is 5.75 Å². The average Bonchev–Trinajstić information content (AvgIpc) is 2.96. The molecular formula is C32H31NO4S2. The van der Waals surface area contributed by atoms with Gasteiger partial charge in [-0.1, -0.05) is 71.1 Å². The van der Waals surface area contributed by atoms with Gasteiger partial charge in [0, 0.05) is 50.8 Å². The number of hydrogen-bond donors (Lipinski definition) is 0. The van der Waals surface area contributed by atoms with E-state index in [1.165, 1.54) is 12.5 Å². The average molecular weight is 558 g/mol. The normalized spacial score (nSPS) is 16.9. The van der Waals surface area contributed by atoms with Crippen molar-refractivity contribution in [3.8, 4) is 0 Å². The molecule has 200 valence electrons. The van der Waals surface area contributed by atoms with E-state index in [1.807, 2.05) is 67.6 Å². The van der Waals surface area contributed by atoms with Crippen LogP contribution in [0.5, 0.6) is 0 Å². The number of benzene rings is 2. The lowest BCUT2D eigenvalue weighted by Crippen LogP contribution is -2.24. The van der Waals surface area contributed by atoms with E-state index >= 15 is 0 Å². The van der Waals surface area contributed by atoms with Crippen molar-refractivity contribution in [3.05, 3.63) is 107 Å². The third-order valence-electron chi connectivity index (χ3n) is 6.21. The molecule has 2 aromatic carbocycles. The predicted octanol–water partition coefficient (Wildman–Crippen LogP) is 7.68. The van der Waals surface area contributed by atoms with Crippen molar-refractivity contribution in [3.63, 3.8) is 0 Å². The van der Waals surface area contributed by atoms with Gasteiger partial charge in [0.15, 0.2) is 11.6 Å². The van der Waals surface area contributed by atoms with Crippen LogP contribution in [0.15, 0.2) is 110 Å². The van der Waals surface area contributed by atoms with Crippen molar-refractivity contribution in [1.29, 1.82) is 0 Å². The third kappa shape index (κ3) is 8.53. The fraction of sp³-hybridized carbons (Fsp3) is 0.250. The highest BCUT2D eigenvalue weighted by molar-refractivity contribution is 8.03. The number of aryl methyl sites for hydroxylation is 1. The molecule has 1 atom stereocenters. The van der Waals surface area contributed by atoms with Crippen LogP contribution in [-0.4, -0.2) is 29.0 Å². The first-order chi connectivity index (χ1) is 18.9. The van der Waals surface area contributed by atoms with Crippen molar-refractivity contribution in [2.45, 2.75) is 49.3 Å². The van der Waals surface area contributed by atoms with E-state index in [0.29, 0.717) is 24.2 Å². The van der Waals surface area contributed by atoms with Crippen molar-refractivity contribution < 1.29 is 19.2 Å². The van der Waals surface area contributed by atoms with Gasteiger partial charge in [0.1, 0.15) is 5.71 Å². The van der Waals surface area contributed by atoms with Crippen LogP contribution in [0.3, 0.4) is 0 Å². The second-order valence-corrected chi connectivity index (χ2v) is 11.6. The molecule has 0 bridgehead atoms. The first-order valence-electron chi connectivity index (χ1n) is 12.9. The van der Waals surface area contributed by atoms with Gasteiger partial charge in [0.05, 0.1) is 0 Å². The number of rotatable bonds is 11. The van der Waals surface area contributed by atoms with E-state index in [0.717, 1.165) is 33.1 Å². The molecule has 7 heteroatoms. The minimum absolute atomic E-state index is 0.0455. The Balaban J connectivity index is 1.32. The van der Waals surface area contributed by atoms with Gasteiger partial charge in [-0.05, 0) is 62.6 Å². The molecule has 2 aromatic rings. The molecule has 2 aliphatic carbocycles. The highest BCUT2D eigenvalue weighted by Crippen LogP contribution is 2.32. The van der Waals surface area contributed by atoms with Crippen LogP contribution < -0.4 is 0 Å². The number of Topliss-reactive ketones (excluding diaryl/α,β-unsaturated/α-hetero) is 2. The maximum Gasteiger partial charge on any atom is 0.331 e. The summed E-state index contributed by atoms with van der Waals surface area (Å²) in [5.74, 6) is -0.349. The van der Waals surface area contributed by atoms with E-state index in [4.69, 9.17) is 4.84 Å². The summed E-state index contributed by atoms with van der Waals surface area (Å²) < 4.78 is 0. The maximum absolute atomic E-state index is 13.2. The minimum atomic E-state index is -0.552. The molecule has 0 aromatic heterocycles. The lowest BCUT2D eigenvalue weighted by molar-refractivity contribution is -0.141. The Bertz CT molecular complexity index is 1370. The molecular weight excluding hydrogens is 526 g/mol. The molecule has 0 aliphatic heterocycles. The lowest BCUT2D eigenvalue weighted by atomic mass is 9.92. The number of carbonyl (C=O) groups is 3. The topological polar surface area (TPSA) is 72.8 Å². The second kappa shape index (κ2) is 14.1. The fourth-order valence-corrected chi connectivity index (χ4v) is 5.81. The quantitative estimate of drug-likeness (QED) is 0.0928. The Labute approximate surface area is 238 Å². The number of allylic oxidation sites excluding steroid dienone is 7. The monoisotopic (exact) mass is 557 g/mol. The van der Waals surface area contributed by atoms with Crippen LogP contribution >= 0.6 is 23.5 Å². The zero-order valence-corrected chi connectivity index (χ0v) is 23.7. The number of nitrogens with zero attached hydrogens (tertiary/aromatic N) is 1. The Morgan fingerprint density at radius 2 is 1.69 bits per heavy atom. The Morgan fingerprint density at radius 1 is 0.949 bits per heavy atom. The van der Waals surface area contributed by atoms with Crippen LogP contribution in [0.1, 0.15) is 48.5 Å². The number of thioether (sulfide) groups is 2. The summed E-state index contributed by atoms with van der Waals surface area (Å²) in [6.45, 7) is 3.31. The summed E-state index contributed by atoms with van der Waals surface area (Å²) in [6, 6.07) is 15.8. The van der Waals surface area contributed by atoms with E-state index in [-0.39, 0.29) is 23.2 Å². The zero-order valence-electron chi connectivity index (χ0n) is 22.1. The highest BCUT2D eigenvalue weighted by atomic mass is 32.2. The zero-order chi connectivity index (χ0) is 27.6. The first-order valence-corrected chi connectivity index (χ1v) is 14.7. The largest absolute Gasteiger partial charge is 0.331 e.